The third kappa shape index (κ3) is 5.41. The first-order valence-corrected chi connectivity index (χ1v) is 9.04. The minimum absolute atomic E-state index is 0.242. The van der Waals surface area contributed by atoms with Gasteiger partial charge in [0.2, 0.25) is 0 Å². The molecule has 5 nitrogen and oxygen atoms in total. The minimum Gasteiger partial charge on any atom is -0.496 e. The molecule has 132 valence electrons. The molecule has 2 aromatic rings. The first-order valence-electron chi connectivity index (χ1n) is 7.44. The summed E-state index contributed by atoms with van der Waals surface area (Å²) in [5.41, 5.74) is 1.08. The molecule has 2 aromatic carbocycles. The molecule has 0 spiro atoms. The van der Waals surface area contributed by atoms with E-state index < -0.39 is 11.9 Å². The standard InChI is InChI=1S/C18H18ClNO4S/c1-23-16-6-4-3-5-12(16)10-20-17(21)11-24-18(22)14-9-13(25-2)7-8-15(14)19/h3-9H,10-11H2,1-2H3,(H,20,21). The lowest BCUT2D eigenvalue weighted by Crippen LogP contribution is -2.28. The number of rotatable bonds is 7. The van der Waals surface area contributed by atoms with E-state index in [9.17, 15) is 9.59 Å². The number of para-hydroxylation sites is 1. The Morgan fingerprint density at radius 3 is 2.68 bits per heavy atom. The van der Waals surface area contributed by atoms with E-state index in [2.05, 4.69) is 5.32 Å². The number of esters is 1. The Morgan fingerprint density at radius 2 is 1.96 bits per heavy atom. The summed E-state index contributed by atoms with van der Waals surface area (Å²) in [6.45, 7) is -0.100. The van der Waals surface area contributed by atoms with Crippen molar-refractivity contribution in [3.63, 3.8) is 0 Å². The lowest BCUT2D eigenvalue weighted by Gasteiger charge is -2.10. The van der Waals surface area contributed by atoms with Crippen molar-refractivity contribution in [2.45, 2.75) is 11.4 Å². The van der Waals surface area contributed by atoms with Gasteiger partial charge in [-0.3, -0.25) is 4.79 Å². The number of methoxy groups -OCH3 is 1. The molecule has 0 aromatic heterocycles. The van der Waals surface area contributed by atoms with Gasteiger partial charge in [-0.05, 0) is 30.5 Å². The maximum absolute atomic E-state index is 12.1. The minimum atomic E-state index is -0.631. The van der Waals surface area contributed by atoms with Crippen LogP contribution < -0.4 is 10.1 Å². The van der Waals surface area contributed by atoms with E-state index >= 15 is 0 Å². The number of hydrogen-bond acceptors (Lipinski definition) is 5. The lowest BCUT2D eigenvalue weighted by atomic mass is 10.2. The molecule has 0 atom stereocenters. The first-order chi connectivity index (χ1) is 12.0. The number of thioether (sulfide) groups is 1. The topological polar surface area (TPSA) is 64.6 Å². The zero-order chi connectivity index (χ0) is 18.2. The highest BCUT2D eigenvalue weighted by Crippen LogP contribution is 2.23. The van der Waals surface area contributed by atoms with Gasteiger partial charge in [0.05, 0.1) is 17.7 Å². The molecule has 0 saturated carbocycles. The first kappa shape index (κ1) is 19.1. The molecule has 0 aliphatic carbocycles. The van der Waals surface area contributed by atoms with Gasteiger partial charge in [0.15, 0.2) is 6.61 Å². The van der Waals surface area contributed by atoms with Crippen LogP contribution in [0.2, 0.25) is 5.02 Å². The van der Waals surface area contributed by atoms with Crippen molar-refractivity contribution in [1.82, 2.24) is 5.32 Å². The predicted molar refractivity (Wildman–Crippen MR) is 98.4 cm³/mol. The van der Waals surface area contributed by atoms with Crippen molar-refractivity contribution < 1.29 is 19.1 Å². The van der Waals surface area contributed by atoms with Crippen molar-refractivity contribution in [2.75, 3.05) is 20.0 Å². The van der Waals surface area contributed by atoms with Crippen LogP contribution in [0.25, 0.3) is 0 Å². The fourth-order valence-electron chi connectivity index (χ4n) is 2.09. The fraction of sp³-hybridized carbons (Fsp3) is 0.222. The van der Waals surface area contributed by atoms with Gasteiger partial charge in [-0.1, -0.05) is 29.8 Å². The fourth-order valence-corrected chi connectivity index (χ4v) is 2.73. The molecule has 0 radical (unpaired) electrons. The Labute approximate surface area is 155 Å². The third-order valence-electron chi connectivity index (χ3n) is 3.40. The average molecular weight is 380 g/mol. The second-order valence-corrected chi connectivity index (χ2v) is 6.30. The van der Waals surface area contributed by atoms with Gasteiger partial charge in [-0.2, -0.15) is 0 Å². The van der Waals surface area contributed by atoms with Crippen LogP contribution in [0, 0.1) is 0 Å². The van der Waals surface area contributed by atoms with Gasteiger partial charge in [-0.25, -0.2) is 4.79 Å². The van der Waals surface area contributed by atoms with Gasteiger partial charge in [-0.15, -0.1) is 11.8 Å². The Balaban J connectivity index is 1.88. The zero-order valence-electron chi connectivity index (χ0n) is 13.9. The number of ether oxygens (including phenoxy) is 2. The molecule has 2 rings (SSSR count). The van der Waals surface area contributed by atoms with Crippen LogP contribution in [0.15, 0.2) is 47.4 Å². The molecule has 0 aliphatic heterocycles. The smallest absolute Gasteiger partial charge is 0.340 e. The molecular formula is C18H18ClNO4S. The van der Waals surface area contributed by atoms with Crippen LogP contribution in [0.1, 0.15) is 15.9 Å². The molecule has 0 unspecified atom stereocenters. The van der Waals surface area contributed by atoms with Crippen LogP contribution in [0.5, 0.6) is 5.75 Å². The molecule has 1 N–H and O–H groups in total. The third-order valence-corrected chi connectivity index (χ3v) is 4.45. The number of benzene rings is 2. The Kier molecular flexibility index (Phi) is 7.16. The number of halogens is 1. The Morgan fingerprint density at radius 1 is 1.20 bits per heavy atom. The molecule has 25 heavy (non-hydrogen) atoms. The molecule has 0 bridgehead atoms. The summed E-state index contributed by atoms with van der Waals surface area (Å²) >= 11 is 7.50. The van der Waals surface area contributed by atoms with Gasteiger partial charge < -0.3 is 14.8 Å². The molecule has 7 heteroatoms. The maximum Gasteiger partial charge on any atom is 0.340 e. The SMILES string of the molecule is COc1ccccc1CNC(=O)COC(=O)c1cc(SC)ccc1Cl. The van der Waals surface area contributed by atoms with E-state index in [4.69, 9.17) is 21.1 Å². The Bertz CT molecular complexity index is 766. The second-order valence-electron chi connectivity index (χ2n) is 5.01. The normalized spacial score (nSPS) is 10.2. The lowest BCUT2D eigenvalue weighted by molar-refractivity contribution is -0.124. The van der Waals surface area contributed by atoms with E-state index in [-0.39, 0.29) is 23.7 Å². The van der Waals surface area contributed by atoms with Crippen LogP contribution in [0.4, 0.5) is 0 Å². The highest BCUT2D eigenvalue weighted by Gasteiger charge is 2.14. The van der Waals surface area contributed by atoms with Crippen molar-refractivity contribution in [2.24, 2.45) is 0 Å². The number of amides is 1. The van der Waals surface area contributed by atoms with E-state index in [0.29, 0.717) is 5.75 Å². The molecule has 0 saturated heterocycles. The van der Waals surface area contributed by atoms with Crippen molar-refractivity contribution >= 4 is 35.2 Å². The van der Waals surface area contributed by atoms with Gasteiger partial charge in [0.1, 0.15) is 5.75 Å². The summed E-state index contributed by atoms with van der Waals surface area (Å²) in [6.07, 6.45) is 1.89. The predicted octanol–water partition coefficient (Wildman–Crippen LogP) is 3.54. The summed E-state index contributed by atoms with van der Waals surface area (Å²) in [5.74, 6) is -0.356. The van der Waals surface area contributed by atoms with Gasteiger partial charge in [0.25, 0.3) is 5.91 Å². The van der Waals surface area contributed by atoms with E-state index in [1.807, 2.05) is 36.6 Å². The number of nitrogens with one attached hydrogen (secondary N) is 1. The Hall–Kier alpha value is -2.18. The van der Waals surface area contributed by atoms with Crippen molar-refractivity contribution in [1.29, 1.82) is 0 Å². The number of carbonyl (C=O) groups is 2. The largest absolute Gasteiger partial charge is 0.496 e. The number of carbonyl (C=O) groups excluding carboxylic acids is 2. The molecule has 0 aliphatic rings. The molecular weight excluding hydrogens is 362 g/mol. The van der Waals surface area contributed by atoms with Crippen molar-refractivity contribution in [3.05, 3.63) is 58.6 Å². The molecule has 0 heterocycles. The second kappa shape index (κ2) is 9.34. The summed E-state index contributed by atoms with van der Waals surface area (Å²) in [5, 5.41) is 2.97. The highest BCUT2D eigenvalue weighted by molar-refractivity contribution is 7.98. The van der Waals surface area contributed by atoms with Crippen molar-refractivity contribution in [3.8, 4) is 5.75 Å². The van der Waals surface area contributed by atoms with Gasteiger partial charge >= 0.3 is 5.97 Å². The highest BCUT2D eigenvalue weighted by atomic mass is 35.5. The van der Waals surface area contributed by atoms with Gasteiger partial charge in [0, 0.05) is 17.0 Å². The summed E-state index contributed by atoms with van der Waals surface area (Å²) in [7, 11) is 1.56. The average Bonchev–Trinajstić information content (AvgIpc) is 2.65. The van der Waals surface area contributed by atoms with E-state index in [1.165, 1.54) is 11.8 Å². The number of hydrogen-bond donors (Lipinski definition) is 1. The molecule has 0 fully saturated rings. The van der Waals surface area contributed by atoms with Crippen LogP contribution in [-0.2, 0) is 16.1 Å². The summed E-state index contributed by atoms with van der Waals surface area (Å²) < 4.78 is 10.3. The summed E-state index contributed by atoms with van der Waals surface area (Å²) in [6, 6.07) is 12.4. The quantitative estimate of drug-likeness (QED) is 0.588. The zero-order valence-corrected chi connectivity index (χ0v) is 15.4. The monoisotopic (exact) mass is 379 g/mol. The van der Waals surface area contributed by atoms with Crippen LogP contribution >= 0.6 is 23.4 Å². The van der Waals surface area contributed by atoms with E-state index in [1.54, 1.807) is 19.2 Å². The van der Waals surface area contributed by atoms with Crippen LogP contribution in [0.3, 0.4) is 0 Å². The van der Waals surface area contributed by atoms with E-state index in [0.717, 1.165) is 10.5 Å². The maximum atomic E-state index is 12.1. The molecule has 1 amide bonds. The van der Waals surface area contributed by atoms with Crippen LogP contribution in [-0.4, -0.2) is 31.8 Å². The summed E-state index contributed by atoms with van der Waals surface area (Å²) in [4.78, 5) is 24.9.